The standard InChI is InChI=1S/C14H15N3OS/c1-2-11-16-13-12(14(18)17(11)8-7-15)9-5-3-4-6-10(9)19-13/h2-6,8H2,1H3. The molecule has 0 aliphatic heterocycles. The van der Waals surface area contributed by atoms with E-state index in [1.54, 1.807) is 11.3 Å². The molecule has 0 fully saturated rings. The number of nitrogens with zero attached hydrogens (tertiary/aromatic N) is 3. The van der Waals surface area contributed by atoms with Crippen molar-refractivity contribution in [1.82, 2.24) is 9.55 Å². The predicted octanol–water partition coefficient (Wildman–Crippen LogP) is 2.42. The van der Waals surface area contributed by atoms with Crippen LogP contribution in [0.25, 0.3) is 10.2 Å². The largest absolute Gasteiger partial charge is 0.282 e. The van der Waals surface area contributed by atoms with Crippen LogP contribution in [0.1, 0.15) is 36.0 Å². The second kappa shape index (κ2) is 4.78. The van der Waals surface area contributed by atoms with Crippen LogP contribution in [0, 0.1) is 11.3 Å². The molecule has 19 heavy (non-hydrogen) atoms. The Bertz CT molecular complexity index is 736. The SMILES string of the molecule is CCc1nc2sc3c(c2c(=O)n1CC#N)CCCC3. The second-order valence-corrected chi connectivity index (χ2v) is 5.91. The van der Waals surface area contributed by atoms with E-state index in [0.29, 0.717) is 6.42 Å². The first kappa shape index (κ1) is 12.4. The summed E-state index contributed by atoms with van der Waals surface area (Å²) >= 11 is 1.66. The normalized spacial score (nSPS) is 14.3. The Morgan fingerprint density at radius 1 is 1.42 bits per heavy atom. The van der Waals surface area contributed by atoms with Gasteiger partial charge < -0.3 is 0 Å². The van der Waals surface area contributed by atoms with E-state index in [1.807, 2.05) is 6.92 Å². The molecule has 4 nitrogen and oxygen atoms in total. The first-order valence-electron chi connectivity index (χ1n) is 6.67. The summed E-state index contributed by atoms with van der Waals surface area (Å²) in [7, 11) is 0. The third-order valence-corrected chi connectivity index (χ3v) is 4.88. The monoisotopic (exact) mass is 273 g/mol. The van der Waals surface area contributed by atoms with Crippen LogP contribution in [0.3, 0.4) is 0 Å². The lowest BCUT2D eigenvalue weighted by atomic mass is 9.97. The minimum atomic E-state index is -0.0252. The molecule has 2 aromatic rings. The van der Waals surface area contributed by atoms with Crippen LogP contribution in [0.5, 0.6) is 0 Å². The Hall–Kier alpha value is -1.67. The van der Waals surface area contributed by atoms with Gasteiger partial charge in [0.05, 0.1) is 11.5 Å². The van der Waals surface area contributed by atoms with Gasteiger partial charge in [0.1, 0.15) is 17.2 Å². The summed E-state index contributed by atoms with van der Waals surface area (Å²) in [6.07, 6.45) is 5.06. The summed E-state index contributed by atoms with van der Waals surface area (Å²) in [5, 5.41) is 9.66. The van der Waals surface area contributed by atoms with Crippen LogP contribution in [0.15, 0.2) is 4.79 Å². The van der Waals surface area contributed by atoms with Crippen molar-refractivity contribution in [1.29, 1.82) is 5.26 Å². The zero-order chi connectivity index (χ0) is 13.4. The lowest BCUT2D eigenvalue weighted by molar-refractivity contribution is 0.691. The van der Waals surface area contributed by atoms with E-state index in [9.17, 15) is 4.79 Å². The Morgan fingerprint density at radius 2 is 2.21 bits per heavy atom. The zero-order valence-electron chi connectivity index (χ0n) is 10.9. The zero-order valence-corrected chi connectivity index (χ0v) is 11.7. The second-order valence-electron chi connectivity index (χ2n) is 4.82. The molecule has 1 aliphatic carbocycles. The van der Waals surface area contributed by atoms with Gasteiger partial charge in [0.25, 0.3) is 5.56 Å². The highest BCUT2D eigenvalue weighted by atomic mass is 32.1. The number of fused-ring (bicyclic) bond motifs is 3. The van der Waals surface area contributed by atoms with E-state index < -0.39 is 0 Å². The minimum Gasteiger partial charge on any atom is -0.282 e. The highest BCUT2D eigenvalue weighted by molar-refractivity contribution is 7.18. The van der Waals surface area contributed by atoms with Gasteiger partial charge >= 0.3 is 0 Å². The van der Waals surface area contributed by atoms with Gasteiger partial charge in [0.15, 0.2) is 0 Å². The molecular formula is C14H15N3OS. The van der Waals surface area contributed by atoms with E-state index >= 15 is 0 Å². The summed E-state index contributed by atoms with van der Waals surface area (Å²) in [4.78, 5) is 19.4. The fourth-order valence-corrected chi connectivity index (χ4v) is 4.05. The van der Waals surface area contributed by atoms with Crippen LogP contribution in [-0.4, -0.2) is 9.55 Å². The first-order chi connectivity index (χ1) is 9.26. The third kappa shape index (κ3) is 1.87. The molecule has 0 radical (unpaired) electrons. The molecule has 0 saturated carbocycles. The summed E-state index contributed by atoms with van der Waals surface area (Å²) in [5.41, 5.74) is 1.17. The molecule has 98 valence electrons. The number of nitriles is 1. The molecule has 0 amide bonds. The molecule has 0 spiro atoms. The van der Waals surface area contributed by atoms with Crippen molar-refractivity contribution >= 4 is 21.6 Å². The number of rotatable bonds is 2. The van der Waals surface area contributed by atoms with E-state index in [2.05, 4.69) is 11.1 Å². The van der Waals surface area contributed by atoms with E-state index in [1.165, 1.54) is 21.4 Å². The van der Waals surface area contributed by atoms with E-state index in [0.717, 1.165) is 35.3 Å². The van der Waals surface area contributed by atoms with Gasteiger partial charge in [-0.05, 0) is 31.2 Å². The predicted molar refractivity (Wildman–Crippen MR) is 75.5 cm³/mol. The Morgan fingerprint density at radius 3 is 2.95 bits per heavy atom. The van der Waals surface area contributed by atoms with Crippen molar-refractivity contribution < 1.29 is 0 Å². The highest BCUT2D eigenvalue weighted by Gasteiger charge is 2.21. The summed E-state index contributed by atoms with van der Waals surface area (Å²) < 4.78 is 1.53. The molecule has 0 saturated heterocycles. The van der Waals surface area contributed by atoms with Crippen molar-refractivity contribution in [2.75, 3.05) is 0 Å². The average Bonchev–Trinajstić information content (AvgIpc) is 2.80. The number of aryl methyl sites for hydroxylation is 3. The maximum absolute atomic E-state index is 12.6. The Labute approximate surface area is 115 Å². The summed E-state index contributed by atoms with van der Waals surface area (Å²) in [6.45, 7) is 2.06. The van der Waals surface area contributed by atoms with Gasteiger partial charge in [-0.15, -0.1) is 11.3 Å². The van der Waals surface area contributed by atoms with Crippen LogP contribution >= 0.6 is 11.3 Å². The molecule has 5 heteroatoms. The van der Waals surface area contributed by atoms with Gasteiger partial charge in [-0.3, -0.25) is 9.36 Å². The lowest BCUT2D eigenvalue weighted by Gasteiger charge is -2.11. The van der Waals surface area contributed by atoms with Gasteiger partial charge in [0.2, 0.25) is 0 Å². The molecule has 0 N–H and O–H groups in total. The average molecular weight is 273 g/mol. The quantitative estimate of drug-likeness (QED) is 0.844. The van der Waals surface area contributed by atoms with Crippen LogP contribution < -0.4 is 5.56 Å². The molecule has 0 unspecified atom stereocenters. The Kier molecular flexibility index (Phi) is 3.11. The molecule has 2 aromatic heterocycles. The maximum Gasteiger partial charge on any atom is 0.263 e. The van der Waals surface area contributed by atoms with Crippen LogP contribution in [0.2, 0.25) is 0 Å². The fourth-order valence-electron chi connectivity index (χ4n) is 2.78. The van der Waals surface area contributed by atoms with Crippen molar-refractivity contribution in [3.05, 3.63) is 26.6 Å². The summed E-state index contributed by atoms with van der Waals surface area (Å²) in [6, 6.07) is 2.06. The number of hydrogen-bond donors (Lipinski definition) is 0. The molecule has 3 rings (SSSR count). The fraction of sp³-hybridized carbons (Fsp3) is 0.500. The summed E-state index contributed by atoms with van der Waals surface area (Å²) in [5.74, 6) is 0.720. The Balaban J connectivity index is 2.35. The molecule has 0 atom stereocenters. The van der Waals surface area contributed by atoms with Gasteiger partial charge in [0, 0.05) is 11.3 Å². The van der Waals surface area contributed by atoms with Crippen molar-refractivity contribution in [3.8, 4) is 6.07 Å². The molecule has 0 bridgehead atoms. The topological polar surface area (TPSA) is 58.7 Å². The van der Waals surface area contributed by atoms with E-state index in [-0.39, 0.29) is 12.1 Å². The van der Waals surface area contributed by atoms with E-state index in [4.69, 9.17) is 5.26 Å². The van der Waals surface area contributed by atoms with Crippen LogP contribution in [-0.2, 0) is 25.8 Å². The van der Waals surface area contributed by atoms with Crippen molar-refractivity contribution in [3.63, 3.8) is 0 Å². The molecular weight excluding hydrogens is 258 g/mol. The van der Waals surface area contributed by atoms with Gasteiger partial charge in [-0.25, -0.2) is 4.98 Å². The molecule has 2 heterocycles. The van der Waals surface area contributed by atoms with Crippen LogP contribution in [0.4, 0.5) is 0 Å². The third-order valence-electron chi connectivity index (χ3n) is 3.70. The molecule has 0 aromatic carbocycles. The highest BCUT2D eigenvalue weighted by Crippen LogP contribution is 2.33. The van der Waals surface area contributed by atoms with Crippen molar-refractivity contribution in [2.24, 2.45) is 0 Å². The smallest absolute Gasteiger partial charge is 0.263 e. The van der Waals surface area contributed by atoms with Crippen molar-refractivity contribution in [2.45, 2.75) is 45.6 Å². The van der Waals surface area contributed by atoms with Gasteiger partial charge in [-0.2, -0.15) is 5.26 Å². The molecule has 1 aliphatic rings. The minimum absolute atomic E-state index is 0.0252. The lowest BCUT2D eigenvalue weighted by Crippen LogP contribution is -2.25. The van der Waals surface area contributed by atoms with Gasteiger partial charge in [-0.1, -0.05) is 6.92 Å². The number of hydrogen-bond acceptors (Lipinski definition) is 4. The maximum atomic E-state index is 12.6. The number of aromatic nitrogens is 2. The first-order valence-corrected chi connectivity index (χ1v) is 7.48. The number of thiophene rings is 1.